The minimum Gasteiger partial charge on any atom is -0.387 e. The number of hydrogen-bond acceptors (Lipinski definition) is 5. The number of nitrogens with two attached hydrogens (primary N) is 1. The summed E-state index contributed by atoms with van der Waals surface area (Å²) in [5, 5.41) is 10.5. The molecule has 0 unspecified atom stereocenters. The van der Waals surface area contributed by atoms with Crippen molar-refractivity contribution in [3.8, 4) is 0 Å². The van der Waals surface area contributed by atoms with Gasteiger partial charge in [-0.3, -0.25) is 4.79 Å². The lowest BCUT2D eigenvalue weighted by atomic mass is 10.3. The van der Waals surface area contributed by atoms with Gasteiger partial charge in [-0.15, -0.1) is 0 Å². The molecule has 0 bridgehead atoms. The molecule has 110 valence electrons. The molecule has 1 aromatic carbocycles. The molecule has 0 aliphatic rings. The molecule has 1 amide bonds. The highest BCUT2D eigenvalue weighted by Gasteiger charge is 2.11. The first-order valence-corrected chi connectivity index (χ1v) is 7.53. The summed E-state index contributed by atoms with van der Waals surface area (Å²) in [6, 6.07) is 8.97. The Balaban J connectivity index is 2.19. The molecule has 0 radical (unpaired) electrons. The van der Waals surface area contributed by atoms with E-state index in [2.05, 4.69) is 15.6 Å². The predicted octanol–water partition coefficient (Wildman–Crippen LogP) is 1.02. The normalized spacial score (nSPS) is 11.0. The summed E-state index contributed by atoms with van der Waals surface area (Å²) < 4.78 is 22.5. The fourth-order valence-corrected chi connectivity index (χ4v) is 2.18. The van der Waals surface area contributed by atoms with E-state index in [-0.39, 0.29) is 10.6 Å². The van der Waals surface area contributed by atoms with Gasteiger partial charge in [-0.1, -0.05) is 6.07 Å². The van der Waals surface area contributed by atoms with Crippen LogP contribution in [0.2, 0.25) is 0 Å². The van der Waals surface area contributed by atoms with E-state index < -0.39 is 15.9 Å². The van der Waals surface area contributed by atoms with Gasteiger partial charge in [-0.05, 0) is 30.3 Å². The Bertz CT molecular complexity index is 757. The maximum atomic E-state index is 12.0. The third-order valence-electron chi connectivity index (χ3n) is 2.71. The number of carbonyl (C=O) groups is 1. The van der Waals surface area contributed by atoms with Crippen molar-refractivity contribution in [3.05, 3.63) is 48.3 Å². The number of hydrogen-bond donors (Lipinski definition) is 3. The van der Waals surface area contributed by atoms with Gasteiger partial charge >= 0.3 is 0 Å². The van der Waals surface area contributed by atoms with Gasteiger partial charge in [0.1, 0.15) is 5.69 Å². The average Bonchev–Trinajstić information content (AvgIpc) is 2.47. The smallest absolute Gasteiger partial charge is 0.274 e. The predicted molar refractivity (Wildman–Crippen MR) is 79.6 cm³/mol. The number of benzene rings is 1. The van der Waals surface area contributed by atoms with Crippen molar-refractivity contribution >= 4 is 27.3 Å². The second-order valence-corrected chi connectivity index (χ2v) is 5.77. The first kappa shape index (κ1) is 14.9. The van der Waals surface area contributed by atoms with Crippen molar-refractivity contribution in [2.45, 2.75) is 4.90 Å². The van der Waals surface area contributed by atoms with Crippen LogP contribution < -0.4 is 15.8 Å². The summed E-state index contributed by atoms with van der Waals surface area (Å²) in [7, 11) is -2.06. The number of carbonyl (C=O) groups excluding carboxylic acids is 1. The zero-order valence-corrected chi connectivity index (χ0v) is 12.0. The number of rotatable bonds is 4. The standard InChI is InChI=1S/C13H14N4O3S/c1-15-10-5-6-12(16-8-10)13(18)17-9-3-2-4-11(7-9)21(14,19)20/h2-8,15H,1H3,(H,17,18)(H2,14,19,20). The SMILES string of the molecule is CNc1ccc(C(=O)Nc2cccc(S(N)(=O)=O)c2)nc1. The highest BCUT2D eigenvalue weighted by atomic mass is 32.2. The summed E-state index contributed by atoms with van der Waals surface area (Å²) in [5.41, 5.74) is 1.32. The van der Waals surface area contributed by atoms with Crippen LogP contribution in [0.1, 0.15) is 10.5 Å². The summed E-state index contributed by atoms with van der Waals surface area (Å²) in [5.74, 6) is -0.441. The van der Waals surface area contributed by atoms with Crippen molar-refractivity contribution in [3.63, 3.8) is 0 Å². The van der Waals surface area contributed by atoms with Crippen molar-refractivity contribution in [1.29, 1.82) is 0 Å². The van der Waals surface area contributed by atoms with Gasteiger partial charge in [0.05, 0.1) is 16.8 Å². The second kappa shape index (κ2) is 5.90. The number of sulfonamides is 1. The van der Waals surface area contributed by atoms with E-state index in [1.165, 1.54) is 24.4 Å². The number of primary sulfonamides is 1. The van der Waals surface area contributed by atoms with Gasteiger partial charge in [0.15, 0.2) is 0 Å². The Kier molecular flexibility index (Phi) is 4.20. The van der Waals surface area contributed by atoms with Crippen LogP contribution in [0.25, 0.3) is 0 Å². The maximum Gasteiger partial charge on any atom is 0.274 e. The van der Waals surface area contributed by atoms with Crippen LogP contribution in [0.4, 0.5) is 11.4 Å². The molecule has 0 spiro atoms. The molecule has 0 saturated carbocycles. The van der Waals surface area contributed by atoms with E-state index in [9.17, 15) is 13.2 Å². The highest BCUT2D eigenvalue weighted by Crippen LogP contribution is 2.15. The number of amides is 1. The quantitative estimate of drug-likeness (QED) is 0.780. The molecule has 1 heterocycles. The summed E-state index contributed by atoms with van der Waals surface area (Å²) in [6.45, 7) is 0. The number of pyridine rings is 1. The molecule has 0 saturated heterocycles. The van der Waals surface area contributed by atoms with E-state index in [4.69, 9.17) is 5.14 Å². The van der Waals surface area contributed by atoms with Crippen molar-refractivity contribution < 1.29 is 13.2 Å². The topological polar surface area (TPSA) is 114 Å². The molecule has 2 aromatic rings. The zero-order chi connectivity index (χ0) is 15.5. The number of aromatic nitrogens is 1. The molecule has 1 aromatic heterocycles. The van der Waals surface area contributed by atoms with Crippen molar-refractivity contribution in [2.24, 2.45) is 5.14 Å². The molecule has 0 aliphatic carbocycles. The van der Waals surface area contributed by atoms with Crippen LogP contribution in [-0.4, -0.2) is 26.4 Å². The molecular formula is C13H14N4O3S. The Morgan fingerprint density at radius 2 is 1.95 bits per heavy atom. The van der Waals surface area contributed by atoms with Gasteiger partial charge in [0.25, 0.3) is 5.91 Å². The number of nitrogens with zero attached hydrogens (tertiary/aromatic N) is 1. The minimum absolute atomic E-state index is 0.0706. The van der Waals surface area contributed by atoms with Crippen molar-refractivity contribution in [2.75, 3.05) is 17.7 Å². The van der Waals surface area contributed by atoms with Crippen LogP contribution in [0.3, 0.4) is 0 Å². The van der Waals surface area contributed by atoms with E-state index in [0.29, 0.717) is 5.69 Å². The lowest BCUT2D eigenvalue weighted by Crippen LogP contribution is -2.15. The molecule has 0 fully saturated rings. The van der Waals surface area contributed by atoms with E-state index in [0.717, 1.165) is 5.69 Å². The van der Waals surface area contributed by atoms with E-state index in [1.54, 1.807) is 25.2 Å². The third-order valence-corrected chi connectivity index (χ3v) is 3.62. The third kappa shape index (κ3) is 3.77. The summed E-state index contributed by atoms with van der Waals surface area (Å²) in [6.07, 6.45) is 1.52. The van der Waals surface area contributed by atoms with E-state index >= 15 is 0 Å². The lowest BCUT2D eigenvalue weighted by Gasteiger charge is -2.07. The average molecular weight is 306 g/mol. The van der Waals surface area contributed by atoms with Gasteiger partial charge < -0.3 is 10.6 Å². The van der Waals surface area contributed by atoms with Gasteiger partial charge in [0, 0.05) is 12.7 Å². The van der Waals surface area contributed by atoms with Crippen molar-refractivity contribution in [1.82, 2.24) is 4.98 Å². The zero-order valence-electron chi connectivity index (χ0n) is 11.2. The van der Waals surface area contributed by atoms with Gasteiger partial charge in [-0.25, -0.2) is 18.5 Å². The lowest BCUT2D eigenvalue weighted by molar-refractivity contribution is 0.102. The van der Waals surface area contributed by atoms with Crippen LogP contribution in [0, 0.1) is 0 Å². The van der Waals surface area contributed by atoms with Gasteiger partial charge in [0.2, 0.25) is 10.0 Å². The molecule has 21 heavy (non-hydrogen) atoms. The van der Waals surface area contributed by atoms with Crippen LogP contribution in [0.15, 0.2) is 47.5 Å². The Morgan fingerprint density at radius 3 is 2.52 bits per heavy atom. The molecule has 7 nitrogen and oxygen atoms in total. The monoisotopic (exact) mass is 306 g/mol. The molecule has 8 heteroatoms. The highest BCUT2D eigenvalue weighted by molar-refractivity contribution is 7.89. The van der Waals surface area contributed by atoms with Crippen LogP contribution in [-0.2, 0) is 10.0 Å². The summed E-state index contributed by atoms with van der Waals surface area (Å²) >= 11 is 0. The van der Waals surface area contributed by atoms with E-state index in [1.807, 2.05) is 0 Å². The van der Waals surface area contributed by atoms with Gasteiger partial charge in [-0.2, -0.15) is 0 Å². The Labute approximate surface area is 122 Å². The van der Waals surface area contributed by atoms with Crippen LogP contribution in [0.5, 0.6) is 0 Å². The molecular weight excluding hydrogens is 292 g/mol. The largest absolute Gasteiger partial charge is 0.387 e. The minimum atomic E-state index is -3.81. The molecule has 0 aliphatic heterocycles. The fraction of sp³-hybridized carbons (Fsp3) is 0.0769. The first-order valence-electron chi connectivity index (χ1n) is 5.98. The molecule has 0 atom stereocenters. The number of nitrogens with one attached hydrogen (secondary N) is 2. The first-order chi connectivity index (χ1) is 9.90. The number of anilines is 2. The Hall–Kier alpha value is -2.45. The summed E-state index contributed by atoms with van der Waals surface area (Å²) in [4.78, 5) is 15.9. The molecule has 2 rings (SSSR count). The maximum absolute atomic E-state index is 12.0. The van der Waals surface area contributed by atoms with Crippen LogP contribution >= 0.6 is 0 Å². The Morgan fingerprint density at radius 1 is 1.19 bits per heavy atom. The fourth-order valence-electron chi connectivity index (χ4n) is 1.62. The second-order valence-electron chi connectivity index (χ2n) is 4.21. The molecule has 4 N–H and O–H groups in total.